The third-order valence-corrected chi connectivity index (χ3v) is 2.73. The molecule has 0 bridgehead atoms. The second kappa shape index (κ2) is 4.84. The molecule has 0 aliphatic carbocycles. The van der Waals surface area contributed by atoms with Gasteiger partial charge < -0.3 is 10.5 Å². The number of methoxy groups -OCH3 is 1. The number of thioether (sulfide) groups is 1. The maximum absolute atomic E-state index is 11.1. The van der Waals surface area contributed by atoms with Gasteiger partial charge in [-0.25, -0.2) is 0 Å². The van der Waals surface area contributed by atoms with Crippen LogP contribution in [0, 0.1) is 10.1 Å². The number of carbonyl (C=O) groups excluding carboxylic acids is 1. The molecule has 1 aromatic rings. The number of nitrogens with zero attached hydrogens (tertiary/aromatic N) is 1. The molecule has 2 N–H and O–H groups in total. The predicted octanol–water partition coefficient (Wildman–Crippen LogP) is 1.42. The van der Waals surface area contributed by atoms with Crippen molar-refractivity contribution >= 4 is 23.4 Å². The number of amides is 1. The molecule has 1 amide bonds. The van der Waals surface area contributed by atoms with Gasteiger partial charge in [0.15, 0.2) is 0 Å². The number of hydrogen-bond donors (Lipinski definition) is 1. The second-order valence-corrected chi connectivity index (χ2v) is 3.69. The van der Waals surface area contributed by atoms with Gasteiger partial charge >= 0.3 is 0 Å². The summed E-state index contributed by atoms with van der Waals surface area (Å²) in [5.41, 5.74) is 4.96. The molecule has 1 aromatic carbocycles. The number of ether oxygens (including phenoxy) is 1. The molecule has 6 nitrogen and oxygen atoms in total. The molecule has 0 saturated carbocycles. The predicted molar refractivity (Wildman–Crippen MR) is 59.9 cm³/mol. The van der Waals surface area contributed by atoms with Crippen LogP contribution in [0.1, 0.15) is 10.4 Å². The fraction of sp³-hybridized carbons (Fsp3) is 0.222. The topological polar surface area (TPSA) is 95.5 Å². The number of benzene rings is 1. The Morgan fingerprint density at radius 3 is 2.56 bits per heavy atom. The molecule has 0 aliphatic rings. The molecule has 16 heavy (non-hydrogen) atoms. The first-order valence-corrected chi connectivity index (χ1v) is 5.44. The van der Waals surface area contributed by atoms with E-state index < -0.39 is 10.8 Å². The number of hydrogen-bond acceptors (Lipinski definition) is 5. The van der Waals surface area contributed by atoms with Gasteiger partial charge in [-0.1, -0.05) is 0 Å². The summed E-state index contributed by atoms with van der Waals surface area (Å²) in [6, 6.07) is 2.57. The highest BCUT2D eigenvalue weighted by molar-refractivity contribution is 7.98. The number of nitrogens with two attached hydrogens (primary N) is 1. The van der Waals surface area contributed by atoms with Crippen molar-refractivity contribution in [1.29, 1.82) is 0 Å². The van der Waals surface area contributed by atoms with Gasteiger partial charge in [0.25, 0.3) is 11.6 Å². The molecule has 7 heteroatoms. The van der Waals surface area contributed by atoms with Crippen molar-refractivity contribution in [3.05, 3.63) is 27.8 Å². The van der Waals surface area contributed by atoms with Crippen LogP contribution in [0.15, 0.2) is 17.0 Å². The minimum absolute atomic E-state index is 0.00648. The van der Waals surface area contributed by atoms with E-state index in [4.69, 9.17) is 10.5 Å². The third-order valence-electron chi connectivity index (χ3n) is 1.96. The average Bonchev–Trinajstić information content (AvgIpc) is 2.26. The van der Waals surface area contributed by atoms with E-state index in [1.807, 2.05) is 0 Å². The number of primary amides is 1. The minimum atomic E-state index is -0.757. The fourth-order valence-corrected chi connectivity index (χ4v) is 1.78. The Hall–Kier alpha value is -1.76. The van der Waals surface area contributed by atoms with E-state index in [0.29, 0.717) is 4.90 Å². The Bertz CT molecular complexity index is 410. The van der Waals surface area contributed by atoms with Gasteiger partial charge in [0.1, 0.15) is 5.75 Å². The number of rotatable bonds is 4. The first kappa shape index (κ1) is 12.3. The van der Waals surface area contributed by atoms with Crippen molar-refractivity contribution in [2.75, 3.05) is 13.4 Å². The zero-order valence-electron chi connectivity index (χ0n) is 8.72. The third kappa shape index (κ3) is 2.25. The number of nitro benzene ring substituents is 1. The first-order valence-electron chi connectivity index (χ1n) is 4.21. The lowest BCUT2D eigenvalue weighted by Gasteiger charge is -2.07. The normalized spacial score (nSPS) is 9.88. The summed E-state index contributed by atoms with van der Waals surface area (Å²) >= 11 is 1.20. The molecule has 0 atom stereocenters. The molecule has 0 saturated heterocycles. The molecule has 0 aliphatic heterocycles. The lowest BCUT2D eigenvalue weighted by atomic mass is 10.1. The maximum Gasteiger partial charge on any atom is 0.283 e. The van der Waals surface area contributed by atoms with E-state index in [0.717, 1.165) is 6.07 Å². The van der Waals surface area contributed by atoms with Crippen molar-refractivity contribution in [3.8, 4) is 5.75 Å². The van der Waals surface area contributed by atoms with Crippen LogP contribution in [0.4, 0.5) is 5.69 Å². The van der Waals surface area contributed by atoms with Crippen LogP contribution in [0.3, 0.4) is 0 Å². The molecule has 86 valence electrons. The smallest absolute Gasteiger partial charge is 0.283 e. The van der Waals surface area contributed by atoms with Crippen LogP contribution in [0.25, 0.3) is 0 Å². The molecule has 0 fully saturated rings. The lowest BCUT2D eigenvalue weighted by molar-refractivity contribution is -0.387. The fourth-order valence-electron chi connectivity index (χ4n) is 1.22. The van der Waals surface area contributed by atoms with E-state index in [9.17, 15) is 14.9 Å². The van der Waals surface area contributed by atoms with Gasteiger partial charge in [-0.2, -0.15) is 0 Å². The zero-order valence-corrected chi connectivity index (χ0v) is 9.54. The molecular weight excluding hydrogens is 232 g/mol. The van der Waals surface area contributed by atoms with E-state index >= 15 is 0 Å². The highest BCUT2D eigenvalue weighted by Gasteiger charge is 2.20. The molecule has 0 radical (unpaired) electrons. The second-order valence-electron chi connectivity index (χ2n) is 2.85. The Balaban J connectivity index is 3.46. The minimum Gasteiger partial charge on any atom is -0.496 e. The monoisotopic (exact) mass is 242 g/mol. The first-order chi connectivity index (χ1) is 7.51. The molecule has 0 spiro atoms. The molecule has 0 heterocycles. The lowest BCUT2D eigenvalue weighted by Crippen LogP contribution is -2.13. The van der Waals surface area contributed by atoms with Crippen LogP contribution in [-0.4, -0.2) is 24.2 Å². The van der Waals surface area contributed by atoms with E-state index in [-0.39, 0.29) is 17.0 Å². The van der Waals surface area contributed by atoms with Crippen molar-refractivity contribution in [1.82, 2.24) is 0 Å². The Labute approximate surface area is 95.9 Å². The standard InChI is InChI=1S/C9H10N2O4S/c1-15-7-4-8(16-2)6(11(13)14)3-5(7)9(10)12/h3-4H,1-2H3,(H2,10,12). The molecular formula is C9H10N2O4S. The van der Waals surface area contributed by atoms with Gasteiger partial charge in [0.05, 0.1) is 22.5 Å². The Morgan fingerprint density at radius 1 is 1.56 bits per heavy atom. The number of carbonyl (C=O) groups is 1. The van der Waals surface area contributed by atoms with Crippen LogP contribution in [-0.2, 0) is 0 Å². The van der Waals surface area contributed by atoms with Crippen molar-refractivity contribution in [3.63, 3.8) is 0 Å². The highest BCUT2D eigenvalue weighted by atomic mass is 32.2. The van der Waals surface area contributed by atoms with Crippen molar-refractivity contribution in [2.45, 2.75) is 4.90 Å². The van der Waals surface area contributed by atoms with Gasteiger partial charge in [-0.15, -0.1) is 11.8 Å². The van der Waals surface area contributed by atoms with Crippen LogP contribution in [0.5, 0.6) is 5.75 Å². The molecule has 0 aromatic heterocycles. The molecule has 1 rings (SSSR count). The Morgan fingerprint density at radius 2 is 2.19 bits per heavy atom. The van der Waals surface area contributed by atoms with Crippen molar-refractivity contribution in [2.24, 2.45) is 5.73 Å². The molecule has 0 unspecified atom stereocenters. The SMILES string of the molecule is COc1cc(SC)c([N+](=O)[O-])cc1C(N)=O. The van der Waals surface area contributed by atoms with E-state index in [1.165, 1.54) is 24.9 Å². The quantitative estimate of drug-likeness (QED) is 0.489. The van der Waals surface area contributed by atoms with E-state index in [2.05, 4.69) is 0 Å². The summed E-state index contributed by atoms with van der Waals surface area (Å²) in [4.78, 5) is 21.7. The zero-order chi connectivity index (χ0) is 12.3. The maximum atomic E-state index is 11.1. The van der Waals surface area contributed by atoms with Crippen LogP contribution in [0.2, 0.25) is 0 Å². The highest BCUT2D eigenvalue weighted by Crippen LogP contribution is 2.34. The summed E-state index contributed by atoms with van der Waals surface area (Å²) in [7, 11) is 1.37. The van der Waals surface area contributed by atoms with E-state index in [1.54, 1.807) is 6.26 Å². The average molecular weight is 242 g/mol. The van der Waals surface area contributed by atoms with Crippen LogP contribution < -0.4 is 10.5 Å². The van der Waals surface area contributed by atoms with Gasteiger partial charge in [-0.05, 0) is 6.26 Å². The van der Waals surface area contributed by atoms with Crippen LogP contribution >= 0.6 is 11.8 Å². The van der Waals surface area contributed by atoms with Gasteiger partial charge in [0, 0.05) is 12.1 Å². The van der Waals surface area contributed by atoms with Gasteiger partial charge in [0.2, 0.25) is 0 Å². The Kier molecular flexibility index (Phi) is 3.73. The summed E-state index contributed by atoms with van der Waals surface area (Å²) < 4.78 is 4.95. The largest absolute Gasteiger partial charge is 0.496 e. The number of nitro groups is 1. The summed E-state index contributed by atoms with van der Waals surface area (Å²) in [6.45, 7) is 0. The summed E-state index contributed by atoms with van der Waals surface area (Å²) in [5, 5.41) is 10.8. The van der Waals surface area contributed by atoms with Crippen molar-refractivity contribution < 1.29 is 14.5 Å². The van der Waals surface area contributed by atoms with Gasteiger partial charge in [-0.3, -0.25) is 14.9 Å². The summed E-state index contributed by atoms with van der Waals surface area (Å²) in [5.74, 6) is -0.518. The summed E-state index contributed by atoms with van der Waals surface area (Å²) in [6.07, 6.45) is 1.70.